The third-order valence-electron chi connectivity index (χ3n) is 3.65. The minimum absolute atomic E-state index is 0.0333. The topological polar surface area (TPSA) is 106 Å². The molecule has 0 spiro atoms. The van der Waals surface area contributed by atoms with Crippen LogP contribution in [0.4, 0.5) is 19.1 Å². The number of halogens is 3. The van der Waals surface area contributed by atoms with E-state index in [1.54, 1.807) is 20.8 Å². The molecule has 0 saturated carbocycles. The van der Waals surface area contributed by atoms with Gasteiger partial charge in [0.2, 0.25) is 17.7 Å². The lowest BCUT2D eigenvalue weighted by Crippen LogP contribution is -2.25. The Balaban J connectivity index is 2.02. The van der Waals surface area contributed by atoms with Gasteiger partial charge in [-0.3, -0.25) is 14.9 Å². The first kappa shape index (κ1) is 22.1. The summed E-state index contributed by atoms with van der Waals surface area (Å²) in [6.07, 6.45) is -4.21. The van der Waals surface area contributed by atoms with E-state index in [-0.39, 0.29) is 36.4 Å². The lowest BCUT2D eigenvalue weighted by atomic mass is 10.2. The van der Waals surface area contributed by atoms with E-state index in [1.165, 1.54) is 18.2 Å². The summed E-state index contributed by atoms with van der Waals surface area (Å²) >= 11 is 0. The predicted octanol–water partition coefficient (Wildman–Crippen LogP) is 2.71. The average molecular weight is 411 g/mol. The Bertz CT molecular complexity index is 903. The lowest BCUT2D eigenvalue weighted by molar-refractivity contribution is -0.154. The molecule has 0 aliphatic heterocycles. The number of hydrogen-bond donors (Lipinski definition) is 2. The van der Waals surface area contributed by atoms with E-state index >= 15 is 0 Å². The van der Waals surface area contributed by atoms with Crippen LogP contribution in [0.25, 0.3) is 0 Å². The van der Waals surface area contributed by atoms with Crippen molar-refractivity contribution in [1.82, 2.24) is 20.3 Å². The van der Waals surface area contributed by atoms with Crippen LogP contribution in [0.1, 0.15) is 40.8 Å². The Kier molecular flexibility index (Phi) is 7.08. The largest absolute Gasteiger partial charge is 0.468 e. The zero-order valence-electron chi connectivity index (χ0n) is 16.1. The van der Waals surface area contributed by atoms with Crippen molar-refractivity contribution in [2.24, 2.45) is 0 Å². The van der Waals surface area contributed by atoms with E-state index in [0.717, 1.165) is 0 Å². The highest BCUT2D eigenvalue weighted by Gasteiger charge is 2.28. The second-order valence-electron chi connectivity index (χ2n) is 6.10. The van der Waals surface area contributed by atoms with Crippen molar-refractivity contribution in [3.63, 3.8) is 0 Å². The molecule has 29 heavy (non-hydrogen) atoms. The predicted molar refractivity (Wildman–Crippen MR) is 97.4 cm³/mol. The number of carbonyl (C=O) groups is 2. The molecule has 2 heterocycles. The molecule has 0 radical (unpaired) electrons. The fourth-order valence-corrected chi connectivity index (χ4v) is 2.21. The molecule has 0 unspecified atom stereocenters. The van der Waals surface area contributed by atoms with Gasteiger partial charge < -0.3 is 10.1 Å². The van der Waals surface area contributed by atoms with Gasteiger partial charge in [-0.2, -0.15) is 13.2 Å². The van der Waals surface area contributed by atoms with Gasteiger partial charge in [-0.1, -0.05) is 13.0 Å². The van der Waals surface area contributed by atoms with Gasteiger partial charge in [-0.05, 0) is 25.5 Å². The van der Waals surface area contributed by atoms with Crippen LogP contribution in [-0.2, 0) is 11.3 Å². The van der Waals surface area contributed by atoms with Crippen LogP contribution in [0.2, 0.25) is 0 Å². The quantitative estimate of drug-likeness (QED) is 0.726. The van der Waals surface area contributed by atoms with Crippen molar-refractivity contribution in [2.75, 3.05) is 11.9 Å². The second kappa shape index (κ2) is 9.30. The number of rotatable bonds is 7. The maximum Gasteiger partial charge on any atom is 0.422 e. The molecule has 0 aliphatic rings. The number of carbonyl (C=O) groups excluding carboxylic acids is 2. The number of pyridine rings is 1. The van der Waals surface area contributed by atoms with Crippen molar-refractivity contribution in [2.45, 2.75) is 39.9 Å². The minimum Gasteiger partial charge on any atom is -0.468 e. The summed E-state index contributed by atoms with van der Waals surface area (Å²) < 4.78 is 41.2. The van der Waals surface area contributed by atoms with Gasteiger partial charge in [-0.15, -0.1) is 0 Å². The summed E-state index contributed by atoms with van der Waals surface area (Å²) in [7, 11) is 0. The molecule has 156 valence electrons. The number of nitrogens with zero attached hydrogens (tertiary/aromatic N) is 3. The Morgan fingerprint density at radius 2 is 1.86 bits per heavy atom. The number of anilines is 1. The molecule has 11 heteroatoms. The van der Waals surface area contributed by atoms with Crippen LogP contribution in [0.5, 0.6) is 5.88 Å². The SMILES string of the molecule is CCC(=O)Nc1nc(C)cc(C(=O)NCc2ccc(OCC(F)(F)F)nc2C)n1. The van der Waals surface area contributed by atoms with Crippen LogP contribution in [0.3, 0.4) is 0 Å². The monoisotopic (exact) mass is 411 g/mol. The molecular formula is C18H20F3N5O3. The third kappa shape index (κ3) is 7.01. The number of nitrogens with one attached hydrogen (secondary N) is 2. The van der Waals surface area contributed by atoms with Gasteiger partial charge in [-0.25, -0.2) is 15.0 Å². The van der Waals surface area contributed by atoms with Gasteiger partial charge in [0.05, 0.1) is 0 Å². The maximum atomic E-state index is 12.4. The molecule has 2 rings (SSSR count). The summed E-state index contributed by atoms with van der Waals surface area (Å²) in [5.74, 6) is -0.903. The molecule has 0 atom stereocenters. The number of aromatic nitrogens is 3. The molecule has 0 saturated heterocycles. The highest BCUT2D eigenvalue weighted by atomic mass is 19.4. The first-order chi connectivity index (χ1) is 13.6. The molecule has 0 aromatic carbocycles. The first-order valence-electron chi connectivity index (χ1n) is 8.67. The summed E-state index contributed by atoms with van der Waals surface area (Å²) in [4.78, 5) is 35.9. The molecule has 2 N–H and O–H groups in total. The van der Waals surface area contributed by atoms with Crippen molar-refractivity contribution in [1.29, 1.82) is 0 Å². The lowest BCUT2D eigenvalue weighted by Gasteiger charge is -2.12. The molecule has 2 aromatic rings. The molecule has 0 bridgehead atoms. The number of aryl methyl sites for hydroxylation is 2. The van der Waals surface area contributed by atoms with E-state index in [9.17, 15) is 22.8 Å². The third-order valence-corrected chi connectivity index (χ3v) is 3.65. The fourth-order valence-electron chi connectivity index (χ4n) is 2.21. The second-order valence-corrected chi connectivity index (χ2v) is 6.10. The highest BCUT2D eigenvalue weighted by molar-refractivity contribution is 5.93. The summed E-state index contributed by atoms with van der Waals surface area (Å²) in [6, 6.07) is 4.29. The summed E-state index contributed by atoms with van der Waals surface area (Å²) in [5, 5.41) is 5.15. The molecule has 8 nitrogen and oxygen atoms in total. The maximum absolute atomic E-state index is 12.4. The van der Waals surface area contributed by atoms with E-state index in [0.29, 0.717) is 17.0 Å². The first-order valence-corrected chi connectivity index (χ1v) is 8.67. The molecule has 2 aromatic heterocycles. The minimum atomic E-state index is -4.45. The highest BCUT2D eigenvalue weighted by Crippen LogP contribution is 2.18. The van der Waals surface area contributed by atoms with Crippen LogP contribution >= 0.6 is 0 Å². The van der Waals surface area contributed by atoms with E-state index in [2.05, 4.69) is 30.3 Å². The Morgan fingerprint density at radius 3 is 2.48 bits per heavy atom. The van der Waals surface area contributed by atoms with Crippen LogP contribution in [0, 0.1) is 13.8 Å². The van der Waals surface area contributed by atoms with E-state index in [1.807, 2.05) is 0 Å². The van der Waals surface area contributed by atoms with Crippen LogP contribution < -0.4 is 15.4 Å². The fraction of sp³-hybridized carbons (Fsp3) is 0.389. The van der Waals surface area contributed by atoms with Gasteiger partial charge in [0.15, 0.2) is 6.61 Å². The normalized spacial score (nSPS) is 11.1. The summed E-state index contributed by atoms with van der Waals surface area (Å²) in [5.41, 5.74) is 1.59. The van der Waals surface area contributed by atoms with E-state index in [4.69, 9.17) is 0 Å². The summed E-state index contributed by atoms with van der Waals surface area (Å²) in [6.45, 7) is 3.58. The Labute approximate surface area is 164 Å². The van der Waals surface area contributed by atoms with Crippen LogP contribution in [-0.4, -0.2) is 39.5 Å². The standard InChI is InChI=1S/C18H20F3N5O3/c1-4-14(27)26-17-23-10(2)7-13(25-17)16(28)22-8-12-5-6-15(24-11(12)3)29-9-18(19,20)21/h5-7H,4,8-9H2,1-3H3,(H,22,28)(H,23,25,26,27). The van der Waals surface area contributed by atoms with Crippen molar-refractivity contribution in [3.8, 4) is 5.88 Å². The number of amides is 2. The zero-order valence-corrected chi connectivity index (χ0v) is 16.1. The molecule has 0 fully saturated rings. The van der Waals surface area contributed by atoms with Gasteiger partial charge in [0.25, 0.3) is 5.91 Å². The van der Waals surface area contributed by atoms with Crippen LogP contribution in [0.15, 0.2) is 18.2 Å². The number of ether oxygens (including phenoxy) is 1. The zero-order chi connectivity index (χ0) is 21.6. The Hall–Kier alpha value is -3.24. The average Bonchev–Trinajstić information content (AvgIpc) is 2.64. The van der Waals surface area contributed by atoms with E-state index < -0.39 is 18.7 Å². The van der Waals surface area contributed by atoms with Crippen molar-refractivity contribution >= 4 is 17.8 Å². The van der Waals surface area contributed by atoms with Gasteiger partial charge in [0.1, 0.15) is 5.69 Å². The smallest absolute Gasteiger partial charge is 0.422 e. The van der Waals surface area contributed by atoms with Crippen molar-refractivity contribution < 1.29 is 27.5 Å². The molecule has 2 amide bonds. The number of alkyl halides is 3. The van der Waals surface area contributed by atoms with Gasteiger partial charge >= 0.3 is 6.18 Å². The number of hydrogen-bond acceptors (Lipinski definition) is 6. The van der Waals surface area contributed by atoms with Gasteiger partial charge in [0, 0.05) is 30.4 Å². The van der Waals surface area contributed by atoms with Crippen molar-refractivity contribution in [3.05, 3.63) is 40.8 Å². The Morgan fingerprint density at radius 1 is 1.14 bits per heavy atom. The molecule has 0 aliphatic carbocycles. The molecular weight excluding hydrogens is 391 g/mol.